The molecule has 0 aliphatic carbocycles. The van der Waals surface area contributed by atoms with Crippen molar-refractivity contribution < 1.29 is 19.6 Å². The van der Waals surface area contributed by atoms with E-state index in [9.17, 15) is 19.6 Å². The van der Waals surface area contributed by atoms with Gasteiger partial charge in [-0.05, 0) is 29.9 Å². The second-order valence-electron chi connectivity index (χ2n) is 8.74. The highest BCUT2D eigenvalue weighted by atomic mass is 16.5. The summed E-state index contributed by atoms with van der Waals surface area (Å²) in [4.78, 5) is 39.1. The molecule has 192 valence electrons. The van der Waals surface area contributed by atoms with Crippen LogP contribution in [0.3, 0.4) is 0 Å². The lowest BCUT2D eigenvalue weighted by Crippen LogP contribution is -2.53. The van der Waals surface area contributed by atoms with Crippen LogP contribution in [0.25, 0.3) is 0 Å². The van der Waals surface area contributed by atoms with Crippen molar-refractivity contribution in [1.29, 1.82) is 0 Å². The number of likely N-dealkylation sites (N-methyl/N-ethyl adjacent to an activating group) is 1. The van der Waals surface area contributed by atoms with Crippen LogP contribution in [0.4, 0.5) is 0 Å². The molecule has 0 bridgehead atoms. The average molecular weight is 492 g/mol. The standard InChI is InChI=1S/C27H35N3O4.C2H2/c1-5-12-21(26(32)30-34)22(17-18(2)3)25(31)29-24(27(33)28-4)23(19-13-8-6-9-14-19)20-15-10-7-11-16-20;1-2/h5-11,13-16,18,21-24,34H,1,12,17H2,2-4H3,(H,28,33)(H,29,31)(H,30,32);1-2H/t21-,22+,24?;/m0./s1. The van der Waals surface area contributed by atoms with Gasteiger partial charge >= 0.3 is 0 Å². The first kappa shape index (κ1) is 30.1. The van der Waals surface area contributed by atoms with E-state index in [1.807, 2.05) is 74.5 Å². The fourth-order valence-electron chi connectivity index (χ4n) is 4.29. The molecule has 2 aromatic rings. The lowest BCUT2D eigenvalue weighted by Gasteiger charge is -2.31. The van der Waals surface area contributed by atoms with Crippen LogP contribution >= 0.6 is 0 Å². The zero-order valence-corrected chi connectivity index (χ0v) is 21.2. The maximum Gasteiger partial charge on any atom is 0.247 e. The molecule has 0 radical (unpaired) electrons. The topological polar surface area (TPSA) is 108 Å². The number of amides is 3. The van der Waals surface area contributed by atoms with Crippen molar-refractivity contribution in [3.63, 3.8) is 0 Å². The molecule has 3 atom stereocenters. The third kappa shape index (κ3) is 8.40. The van der Waals surface area contributed by atoms with Crippen molar-refractivity contribution in [2.24, 2.45) is 17.8 Å². The number of allylic oxidation sites excluding steroid dienone is 1. The molecule has 0 saturated heterocycles. The molecule has 0 aliphatic heterocycles. The molecule has 36 heavy (non-hydrogen) atoms. The Morgan fingerprint density at radius 2 is 1.39 bits per heavy atom. The minimum Gasteiger partial charge on any atom is -0.357 e. The largest absolute Gasteiger partial charge is 0.357 e. The zero-order valence-electron chi connectivity index (χ0n) is 21.2. The van der Waals surface area contributed by atoms with Crippen LogP contribution in [0.1, 0.15) is 43.7 Å². The number of rotatable bonds is 12. The van der Waals surface area contributed by atoms with Gasteiger partial charge in [-0.2, -0.15) is 0 Å². The molecule has 0 aliphatic rings. The van der Waals surface area contributed by atoms with Crippen molar-refractivity contribution in [3.8, 4) is 12.8 Å². The first-order chi connectivity index (χ1) is 17.3. The van der Waals surface area contributed by atoms with Crippen molar-refractivity contribution >= 4 is 17.7 Å². The Kier molecular flexibility index (Phi) is 13.3. The molecule has 3 amide bonds. The van der Waals surface area contributed by atoms with Crippen LogP contribution < -0.4 is 16.1 Å². The molecule has 4 N–H and O–H groups in total. The minimum atomic E-state index is -0.918. The Hall–Kier alpha value is -3.89. The van der Waals surface area contributed by atoms with Gasteiger partial charge in [0.15, 0.2) is 0 Å². The zero-order chi connectivity index (χ0) is 27.1. The summed E-state index contributed by atoms with van der Waals surface area (Å²) in [6.45, 7) is 7.60. The maximum absolute atomic E-state index is 13.6. The first-order valence-corrected chi connectivity index (χ1v) is 11.8. The molecular formula is C29H37N3O4. The molecule has 7 heteroatoms. The summed E-state index contributed by atoms with van der Waals surface area (Å²) >= 11 is 0. The minimum absolute atomic E-state index is 0.104. The highest BCUT2D eigenvalue weighted by Gasteiger charge is 2.38. The van der Waals surface area contributed by atoms with E-state index in [0.717, 1.165) is 11.1 Å². The van der Waals surface area contributed by atoms with Gasteiger partial charge in [-0.3, -0.25) is 19.6 Å². The molecule has 0 saturated carbocycles. The van der Waals surface area contributed by atoms with Gasteiger partial charge in [0, 0.05) is 13.0 Å². The lowest BCUT2D eigenvalue weighted by molar-refractivity contribution is -0.141. The molecule has 7 nitrogen and oxygen atoms in total. The van der Waals surface area contributed by atoms with Gasteiger partial charge in [0.05, 0.1) is 11.8 Å². The number of carbonyl (C=O) groups excluding carboxylic acids is 3. The molecule has 2 aromatic carbocycles. The lowest BCUT2D eigenvalue weighted by atomic mass is 9.80. The van der Waals surface area contributed by atoms with E-state index in [1.165, 1.54) is 7.05 Å². The van der Waals surface area contributed by atoms with Crippen molar-refractivity contribution in [1.82, 2.24) is 16.1 Å². The second kappa shape index (κ2) is 15.9. The van der Waals surface area contributed by atoms with E-state index in [2.05, 4.69) is 30.1 Å². The molecule has 2 rings (SSSR count). The van der Waals surface area contributed by atoms with Gasteiger partial charge in [-0.25, -0.2) is 5.48 Å². The SMILES string of the molecule is C#C.C=CC[C@H](C(=O)NO)[C@@H](CC(C)C)C(=O)NC(C(=O)NC)C(c1ccccc1)c1ccccc1. The number of carbonyl (C=O) groups is 3. The van der Waals surface area contributed by atoms with E-state index in [4.69, 9.17) is 0 Å². The van der Waals surface area contributed by atoms with Crippen molar-refractivity contribution in [2.75, 3.05) is 7.05 Å². The Labute approximate surface area is 214 Å². The fourth-order valence-corrected chi connectivity index (χ4v) is 4.29. The van der Waals surface area contributed by atoms with Crippen molar-refractivity contribution in [3.05, 3.63) is 84.4 Å². The molecule has 0 aromatic heterocycles. The Morgan fingerprint density at radius 3 is 1.78 bits per heavy atom. The summed E-state index contributed by atoms with van der Waals surface area (Å²) in [7, 11) is 1.53. The monoisotopic (exact) mass is 491 g/mol. The van der Waals surface area contributed by atoms with Crippen LogP contribution in [0.5, 0.6) is 0 Å². The van der Waals surface area contributed by atoms with Gasteiger partial charge in [0.2, 0.25) is 17.7 Å². The highest BCUT2D eigenvalue weighted by molar-refractivity contribution is 5.92. The van der Waals surface area contributed by atoms with Gasteiger partial charge in [0.25, 0.3) is 0 Å². The molecular weight excluding hydrogens is 454 g/mol. The number of nitrogens with one attached hydrogen (secondary N) is 3. The smallest absolute Gasteiger partial charge is 0.247 e. The van der Waals surface area contributed by atoms with Crippen LogP contribution in [0.2, 0.25) is 0 Å². The van der Waals surface area contributed by atoms with E-state index >= 15 is 0 Å². The molecule has 0 spiro atoms. The fraction of sp³-hybridized carbons (Fsp3) is 0.345. The van der Waals surface area contributed by atoms with Crippen LogP contribution in [0, 0.1) is 30.6 Å². The molecule has 1 unspecified atom stereocenters. The maximum atomic E-state index is 13.6. The first-order valence-electron chi connectivity index (χ1n) is 11.8. The Balaban J connectivity index is 0.00000316. The average Bonchev–Trinajstić information content (AvgIpc) is 2.91. The van der Waals surface area contributed by atoms with Gasteiger partial charge < -0.3 is 10.6 Å². The summed E-state index contributed by atoms with van der Waals surface area (Å²) in [5.41, 5.74) is 3.42. The van der Waals surface area contributed by atoms with Crippen molar-refractivity contribution in [2.45, 2.75) is 38.6 Å². The van der Waals surface area contributed by atoms with Crippen LogP contribution in [0.15, 0.2) is 73.3 Å². The predicted octanol–water partition coefficient (Wildman–Crippen LogP) is 3.66. The molecule has 0 heterocycles. The summed E-state index contributed by atoms with van der Waals surface area (Å²) < 4.78 is 0. The number of hydrogen-bond donors (Lipinski definition) is 4. The van der Waals surface area contributed by atoms with Gasteiger partial charge in [-0.15, -0.1) is 19.4 Å². The van der Waals surface area contributed by atoms with Gasteiger partial charge in [0.1, 0.15) is 6.04 Å². The van der Waals surface area contributed by atoms with Crippen LogP contribution in [-0.4, -0.2) is 36.0 Å². The summed E-state index contributed by atoms with van der Waals surface area (Å²) in [5, 5.41) is 14.9. The Bertz CT molecular complexity index is 950. The van der Waals surface area contributed by atoms with Gasteiger partial charge in [-0.1, -0.05) is 80.6 Å². The summed E-state index contributed by atoms with van der Waals surface area (Å²) in [6, 6.07) is 18.1. The second-order valence-corrected chi connectivity index (χ2v) is 8.74. The number of hydrogen-bond acceptors (Lipinski definition) is 4. The van der Waals surface area contributed by atoms with Crippen LogP contribution in [-0.2, 0) is 14.4 Å². The van der Waals surface area contributed by atoms with E-state index in [-0.39, 0.29) is 18.2 Å². The number of terminal acetylenes is 1. The summed E-state index contributed by atoms with van der Waals surface area (Å²) in [5.74, 6) is -3.34. The third-order valence-corrected chi connectivity index (χ3v) is 5.89. The molecule has 0 fully saturated rings. The van der Waals surface area contributed by atoms with E-state index < -0.39 is 35.6 Å². The number of benzene rings is 2. The number of hydroxylamine groups is 1. The highest BCUT2D eigenvalue weighted by Crippen LogP contribution is 2.30. The third-order valence-electron chi connectivity index (χ3n) is 5.89. The predicted molar refractivity (Wildman–Crippen MR) is 142 cm³/mol. The Morgan fingerprint density at radius 1 is 0.889 bits per heavy atom. The quantitative estimate of drug-likeness (QED) is 0.157. The summed E-state index contributed by atoms with van der Waals surface area (Å²) in [6.07, 6.45) is 10.2. The normalized spacial score (nSPS) is 12.9. The van der Waals surface area contributed by atoms with E-state index in [0.29, 0.717) is 6.42 Å². The van der Waals surface area contributed by atoms with E-state index in [1.54, 1.807) is 11.6 Å².